The molecular formula is C21H23N3O3. The molecule has 1 atom stereocenters. The summed E-state index contributed by atoms with van der Waals surface area (Å²) in [6.07, 6.45) is 0.676. The average molecular weight is 365 g/mol. The van der Waals surface area contributed by atoms with Crippen LogP contribution in [0.15, 0.2) is 48.7 Å². The summed E-state index contributed by atoms with van der Waals surface area (Å²) >= 11 is 0. The maximum absolute atomic E-state index is 12.3. The van der Waals surface area contributed by atoms with Crippen molar-refractivity contribution in [3.05, 3.63) is 65.6 Å². The molecule has 2 aromatic heterocycles. The first-order valence-electron chi connectivity index (χ1n) is 8.91. The Labute approximate surface area is 158 Å². The maximum atomic E-state index is 12.3. The molecule has 0 radical (unpaired) electrons. The van der Waals surface area contributed by atoms with Crippen molar-refractivity contribution >= 4 is 23.2 Å². The summed E-state index contributed by atoms with van der Waals surface area (Å²) in [4.78, 5) is 28.9. The van der Waals surface area contributed by atoms with Crippen LogP contribution in [0.2, 0.25) is 0 Å². The summed E-state index contributed by atoms with van der Waals surface area (Å²) in [5.41, 5.74) is 3.63. The number of benzene rings is 1. The van der Waals surface area contributed by atoms with Crippen molar-refractivity contribution in [3.63, 3.8) is 0 Å². The van der Waals surface area contributed by atoms with Gasteiger partial charge in [0.2, 0.25) is 0 Å². The normalized spacial score (nSPS) is 12.2. The lowest BCUT2D eigenvalue weighted by molar-refractivity contribution is -0.123. The van der Waals surface area contributed by atoms with Gasteiger partial charge in [-0.05, 0) is 49.6 Å². The summed E-state index contributed by atoms with van der Waals surface area (Å²) in [6.45, 7) is 7.67. The lowest BCUT2D eigenvalue weighted by atomic mass is 10.0. The summed E-state index contributed by atoms with van der Waals surface area (Å²) in [7, 11) is 0. The number of hydrogen-bond acceptors (Lipinski definition) is 4. The van der Waals surface area contributed by atoms with Gasteiger partial charge in [0.25, 0.3) is 5.91 Å². The third-order valence-corrected chi connectivity index (χ3v) is 4.40. The Hall–Kier alpha value is -3.15. The van der Waals surface area contributed by atoms with Crippen LogP contribution in [0, 0.1) is 6.92 Å². The van der Waals surface area contributed by atoms with Crippen molar-refractivity contribution in [2.45, 2.75) is 39.7 Å². The standard InChI is InChI=1S/C21H23N3O3/c1-13(2)16-8-10-17(11-9-16)22-20(25)15(4)27-21(26)18-12-24-14(3)6-5-7-19(24)23-18/h5-13,15H,1-4H3,(H,22,25). The highest BCUT2D eigenvalue weighted by molar-refractivity contribution is 5.97. The number of carbonyl (C=O) groups excluding carboxylic acids is 2. The number of hydrogen-bond donors (Lipinski definition) is 1. The second-order valence-corrected chi connectivity index (χ2v) is 6.84. The van der Waals surface area contributed by atoms with E-state index in [0.29, 0.717) is 17.3 Å². The third-order valence-electron chi connectivity index (χ3n) is 4.40. The Balaban J connectivity index is 1.64. The van der Waals surface area contributed by atoms with Gasteiger partial charge in [0, 0.05) is 17.6 Å². The first-order chi connectivity index (χ1) is 12.8. The van der Waals surface area contributed by atoms with Crippen LogP contribution >= 0.6 is 0 Å². The number of nitrogens with zero attached hydrogens (tertiary/aromatic N) is 2. The number of aromatic nitrogens is 2. The van der Waals surface area contributed by atoms with Crippen molar-refractivity contribution in [2.24, 2.45) is 0 Å². The van der Waals surface area contributed by atoms with E-state index in [-0.39, 0.29) is 11.6 Å². The molecule has 0 aliphatic carbocycles. The van der Waals surface area contributed by atoms with Crippen molar-refractivity contribution < 1.29 is 14.3 Å². The number of esters is 1. The Kier molecular flexibility index (Phi) is 5.26. The largest absolute Gasteiger partial charge is 0.448 e. The van der Waals surface area contributed by atoms with Gasteiger partial charge in [-0.1, -0.05) is 32.0 Å². The van der Waals surface area contributed by atoms with Crippen LogP contribution in [0.1, 0.15) is 48.4 Å². The zero-order valence-electron chi connectivity index (χ0n) is 15.9. The molecule has 1 unspecified atom stereocenters. The van der Waals surface area contributed by atoms with Crippen molar-refractivity contribution in [2.75, 3.05) is 5.32 Å². The van der Waals surface area contributed by atoms with E-state index in [4.69, 9.17) is 4.74 Å². The fourth-order valence-corrected chi connectivity index (χ4v) is 2.72. The van der Waals surface area contributed by atoms with Gasteiger partial charge in [-0.15, -0.1) is 0 Å². The molecule has 3 aromatic rings. The molecule has 3 rings (SSSR count). The van der Waals surface area contributed by atoms with Gasteiger partial charge in [0.1, 0.15) is 5.65 Å². The van der Waals surface area contributed by atoms with Gasteiger partial charge in [0.05, 0.1) is 0 Å². The van der Waals surface area contributed by atoms with Gasteiger partial charge in [-0.25, -0.2) is 9.78 Å². The summed E-state index contributed by atoms with van der Waals surface area (Å²) in [6, 6.07) is 13.2. The highest BCUT2D eigenvalue weighted by Crippen LogP contribution is 2.17. The van der Waals surface area contributed by atoms with E-state index in [0.717, 1.165) is 5.69 Å². The van der Waals surface area contributed by atoms with E-state index in [9.17, 15) is 9.59 Å². The molecule has 1 amide bonds. The molecule has 1 N–H and O–H groups in total. The minimum absolute atomic E-state index is 0.172. The molecule has 2 heterocycles. The highest BCUT2D eigenvalue weighted by atomic mass is 16.5. The summed E-state index contributed by atoms with van der Waals surface area (Å²) in [5.74, 6) is -0.597. The lowest BCUT2D eigenvalue weighted by Crippen LogP contribution is -2.30. The van der Waals surface area contributed by atoms with Crippen LogP contribution in [-0.2, 0) is 9.53 Å². The van der Waals surface area contributed by atoms with Crippen molar-refractivity contribution in [1.82, 2.24) is 9.38 Å². The fourth-order valence-electron chi connectivity index (χ4n) is 2.72. The molecule has 27 heavy (non-hydrogen) atoms. The second kappa shape index (κ2) is 7.61. The quantitative estimate of drug-likeness (QED) is 0.695. The van der Waals surface area contributed by atoms with Gasteiger partial charge in [-0.2, -0.15) is 0 Å². The van der Waals surface area contributed by atoms with Crippen molar-refractivity contribution in [3.8, 4) is 0 Å². The molecule has 1 aromatic carbocycles. The van der Waals surface area contributed by atoms with E-state index < -0.39 is 12.1 Å². The number of pyridine rings is 1. The summed E-state index contributed by atoms with van der Waals surface area (Å²) in [5, 5.41) is 2.76. The minimum atomic E-state index is -0.937. The molecule has 0 bridgehead atoms. The number of ether oxygens (including phenoxy) is 1. The van der Waals surface area contributed by atoms with Crippen LogP contribution in [0.3, 0.4) is 0 Å². The Bertz CT molecular complexity index is 974. The number of anilines is 1. The van der Waals surface area contributed by atoms with Gasteiger partial charge in [0.15, 0.2) is 11.8 Å². The van der Waals surface area contributed by atoms with Crippen LogP contribution in [0.25, 0.3) is 5.65 Å². The number of nitrogens with one attached hydrogen (secondary N) is 1. The Morgan fingerprint density at radius 2 is 1.78 bits per heavy atom. The van der Waals surface area contributed by atoms with Gasteiger partial charge in [-0.3, -0.25) is 4.79 Å². The van der Waals surface area contributed by atoms with E-state index in [2.05, 4.69) is 24.1 Å². The van der Waals surface area contributed by atoms with Crippen LogP contribution in [-0.4, -0.2) is 27.4 Å². The molecule has 140 valence electrons. The highest BCUT2D eigenvalue weighted by Gasteiger charge is 2.21. The zero-order chi connectivity index (χ0) is 19.6. The number of fused-ring (bicyclic) bond motifs is 1. The van der Waals surface area contributed by atoms with Gasteiger partial charge < -0.3 is 14.5 Å². The third kappa shape index (κ3) is 4.16. The first kappa shape index (κ1) is 18.6. The molecule has 0 saturated carbocycles. The van der Waals surface area contributed by atoms with Crippen molar-refractivity contribution in [1.29, 1.82) is 0 Å². The number of carbonyl (C=O) groups is 2. The summed E-state index contributed by atoms with van der Waals surface area (Å²) < 4.78 is 7.08. The van der Waals surface area contributed by atoms with Crippen LogP contribution < -0.4 is 5.32 Å². The monoisotopic (exact) mass is 365 g/mol. The van der Waals surface area contributed by atoms with Gasteiger partial charge >= 0.3 is 5.97 Å². The average Bonchev–Trinajstić information content (AvgIpc) is 3.08. The molecule has 0 aliphatic heterocycles. The second-order valence-electron chi connectivity index (χ2n) is 6.84. The number of rotatable bonds is 5. The minimum Gasteiger partial charge on any atom is -0.448 e. The number of imidazole rings is 1. The maximum Gasteiger partial charge on any atom is 0.359 e. The van der Waals surface area contributed by atoms with Crippen LogP contribution in [0.4, 0.5) is 5.69 Å². The number of aryl methyl sites for hydroxylation is 1. The van der Waals surface area contributed by atoms with Crippen LogP contribution in [0.5, 0.6) is 0 Å². The molecule has 6 nitrogen and oxygen atoms in total. The number of amides is 1. The Morgan fingerprint density at radius 3 is 2.41 bits per heavy atom. The smallest absolute Gasteiger partial charge is 0.359 e. The molecule has 0 fully saturated rings. The van der Waals surface area contributed by atoms with E-state index in [1.54, 1.807) is 16.7 Å². The predicted molar refractivity (Wildman–Crippen MR) is 104 cm³/mol. The molecular weight excluding hydrogens is 342 g/mol. The van der Waals surface area contributed by atoms with E-state index in [1.807, 2.05) is 43.3 Å². The van der Waals surface area contributed by atoms with E-state index >= 15 is 0 Å². The predicted octanol–water partition coefficient (Wildman–Crippen LogP) is 3.95. The SMILES string of the molecule is Cc1cccc2nc(C(=O)OC(C)C(=O)Nc3ccc(C(C)C)cc3)cn12. The molecule has 0 spiro atoms. The molecule has 0 aliphatic rings. The first-order valence-corrected chi connectivity index (χ1v) is 8.91. The zero-order valence-corrected chi connectivity index (χ0v) is 15.9. The molecule has 0 saturated heterocycles. The fraction of sp³-hybridized carbons (Fsp3) is 0.286. The van der Waals surface area contributed by atoms with E-state index in [1.165, 1.54) is 12.5 Å². The Morgan fingerprint density at radius 1 is 1.07 bits per heavy atom. The lowest BCUT2D eigenvalue weighted by Gasteiger charge is -2.13. The topological polar surface area (TPSA) is 72.7 Å². The molecule has 6 heteroatoms.